The Morgan fingerprint density at radius 3 is 2.48 bits per heavy atom. The highest BCUT2D eigenvalue weighted by molar-refractivity contribution is 5.91. The zero-order valence-corrected chi connectivity index (χ0v) is 14.9. The molecule has 1 heterocycles. The van der Waals surface area contributed by atoms with E-state index in [0.717, 1.165) is 24.3 Å². The molecule has 2 aromatic carbocycles. The molecule has 0 N–H and O–H groups in total. The fourth-order valence-electron chi connectivity index (χ4n) is 2.85. The minimum atomic E-state index is -1.17. The zero-order valence-electron chi connectivity index (χ0n) is 14.9. The lowest BCUT2D eigenvalue weighted by Gasteiger charge is -2.23. The van der Waals surface area contributed by atoms with Crippen molar-refractivity contribution >= 4 is 17.9 Å². The zero-order chi connectivity index (χ0) is 21.1. The van der Waals surface area contributed by atoms with E-state index in [1.807, 2.05) is 0 Å². The standard InChI is InChI=1S/C18H14F2N2O7/c1-27-9-15-16(10-2-7-13(19)14(20)8-10)21(18(24)29-15)17(23)28-12-5-3-11(4-6-12)22(25)26/h2-8,15-16H,9H2,1H3/t15-,16-/m0/s1. The lowest BCUT2D eigenvalue weighted by atomic mass is 10.0. The van der Waals surface area contributed by atoms with Gasteiger partial charge in [-0.25, -0.2) is 23.3 Å². The van der Waals surface area contributed by atoms with Crippen molar-refractivity contribution < 1.29 is 37.5 Å². The summed E-state index contributed by atoms with van der Waals surface area (Å²) in [5.74, 6) is -2.32. The van der Waals surface area contributed by atoms with Crippen molar-refractivity contribution in [1.29, 1.82) is 0 Å². The smallest absolute Gasteiger partial charge is 0.425 e. The number of hydrogen-bond acceptors (Lipinski definition) is 7. The SMILES string of the molecule is COC[C@@H]1OC(=O)N(C(=O)Oc2ccc([N+](=O)[O-])cc2)[C@H]1c1ccc(F)c(F)c1. The summed E-state index contributed by atoms with van der Waals surface area (Å²) < 4.78 is 42.2. The summed E-state index contributed by atoms with van der Waals surface area (Å²) in [6, 6.07) is 6.36. The Morgan fingerprint density at radius 2 is 1.90 bits per heavy atom. The first-order valence-electron chi connectivity index (χ1n) is 8.22. The number of halogens is 2. The number of nitro benzene ring substituents is 1. The Morgan fingerprint density at radius 1 is 1.21 bits per heavy atom. The van der Waals surface area contributed by atoms with Crippen molar-refractivity contribution in [2.75, 3.05) is 13.7 Å². The van der Waals surface area contributed by atoms with Gasteiger partial charge in [0.05, 0.1) is 11.5 Å². The number of imide groups is 1. The predicted molar refractivity (Wildman–Crippen MR) is 92.2 cm³/mol. The van der Waals surface area contributed by atoms with Gasteiger partial charge in [0, 0.05) is 19.2 Å². The molecule has 2 atom stereocenters. The minimum absolute atomic E-state index is 0.0624. The molecule has 152 valence electrons. The van der Waals surface area contributed by atoms with Crippen LogP contribution in [-0.2, 0) is 9.47 Å². The topological polar surface area (TPSA) is 108 Å². The lowest BCUT2D eigenvalue weighted by Crippen LogP contribution is -2.38. The number of carbonyl (C=O) groups excluding carboxylic acids is 2. The van der Waals surface area contributed by atoms with E-state index >= 15 is 0 Å². The Bertz CT molecular complexity index is 952. The van der Waals surface area contributed by atoms with E-state index in [2.05, 4.69) is 0 Å². The van der Waals surface area contributed by atoms with Crippen molar-refractivity contribution in [2.45, 2.75) is 12.1 Å². The van der Waals surface area contributed by atoms with E-state index in [4.69, 9.17) is 14.2 Å². The Hall–Kier alpha value is -3.60. The number of cyclic esters (lactones) is 1. The maximum atomic E-state index is 13.7. The first-order chi connectivity index (χ1) is 13.8. The molecule has 0 radical (unpaired) electrons. The number of nitrogens with zero attached hydrogens (tertiary/aromatic N) is 2. The molecule has 9 nitrogen and oxygen atoms in total. The molecule has 0 aromatic heterocycles. The van der Waals surface area contributed by atoms with E-state index in [9.17, 15) is 28.5 Å². The van der Waals surface area contributed by atoms with Crippen LogP contribution in [0.25, 0.3) is 0 Å². The van der Waals surface area contributed by atoms with Crippen molar-refractivity contribution in [1.82, 2.24) is 4.90 Å². The van der Waals surface area contributed by atoms with Crippen LogP contribution in [0.2, 0.25) is 0 Å². The van der Waals surface area contributed by atoms with Crippen molar-refractivity contribution in [3.05, 3.63) is 69.8 Å². The summed E-state index contributed by atoms with van der Waals surface area (Å²) in [6.45, 7) is -0.114. The normalized spacial score (nSPS) is 18.4. The number of methoxy groups -OCH3 is 1. The summed E-state index contributed by atoms with van der Waals surface area (Å²) in [5.41, 5.74) is -0.123. The third-order valence-electron chi connectivity index (χ3n) is 4.14. The van der Waals surface area contributed by atoms with Crippen LogP contribution in [0.4, 0.5) is 24.1 Å². The van der Waals surface area contributed by atoms with Gasteiger partial charge in [-0.3, -0.25) is 10.1 Å². The fourth-order valence-corrected chi connectivity index (χ4v) is 2.85. The second-order valence-corrected chi connectivity index (χ2v) is 5.98. The molecule has 1 aliphatic rings. The van der Waals surface area contributed by atoms with Crippen molar-refractivity contribution in [2.24, 2.45) is 0 Å². The van der Waals surface area contributed by atoms with Gasteiger partial charge in [-0.15, -0.1) is 0 Å². The molecule has 3 rings (SSSR count). The number of nitro groups is 1. The highest BCUT2D eigenvalue weighted by Crippen LogP contribution is 2.35. The molecule has 0 bridgehead atoms. The molecule has 1 saturated heterocycles. The predicted octanol–water partition coefficient (Wildman–Crippen LogP) is 3.58. The highest BCUT2D eigenvalue weighted by Gasteiger charge is 2.47. The van der Waals surface area contributed by atoms with Gasteiger partial charge in [0.15, 0.2) is 17.7 Å². The highest BCUT2D eigenvalue weighted by atomic mass is 19.2. The van der Waals surface area contributed by atoms with E-state index < -0.39 is 40.9 Å². The van der Waals surface area contributed by atoms with Gasteiger partial charge in [0.2, 0.25) is 0 Å². The molecule has 0 spiro atoms. The van der Waals surface area contributed by atoms with Crippen LogP contribution in [0.1, 0.15) is 11.6 Å². The van der Waals surface area contributed by atoms with E-state index in [1.54, 1.807) is 0 Å². The molecular weight excluding hydrogens is 394 g/mol. The largest absolute Gasteiger partial charge is 0.441 e. The number of ether oxygens (including phenoxy) is 3. The summed E-state index contributed by atoms with van der Waals surface area (Å²) >= 11 is 0. The molecule has 2 amide bonds. The Kier molecular flexibility index (Phi) is 5.69. The molecule has 1 fully saturated rings. The van der Waals surface area contributed by atoms with Crippen molar-refractivity contribution in [3.63, 3.8) is 0 Å². The molecule has 0 saturated carbocycles. The molecular formula is C18H14F2N2O7. The maximum Gasteiger partial charge on any atom is 0.425 e. The summed E-state index contributed by atoms with van der Waals surface area (Å²) in [7, 11) is 1.34. The van der Waals surface area contributed by atoms with Gasteiger partial charge >= 0.3 is 12.2 Å². The average Bonchev–Trinajstić information content (AvgIpc) is 3.00. The van der Waals surface area contributed by atoms with Crippen molar-refractivity contribution in [3.8, 4) is 5.75 Å². The van der Waals surface area contributed by atoms with Crippen LogP contribution >= 0.6 is 0 Å². The number of amides is 2. The van der Waals surface area contributed by atoms with Crippen LogP contribution in [0, 0.1) is 21.7 Å². The van der Waals surface area contributed by atoms with Crippen LogP contribution in [0.15, 0.2) is 42.5 Å². The van der Waals surface area contributed by atoms with Gasteiger partial charge in [0.25, 0.3) is 5.69 Å². The second kappa shape index (κ2) is 8.19. The number of hydrogen-bond donors (Lipinski definition) is 0. The Labute approximate surface area is 162 Å². The number of carbonyl (C=O) groups is 2. The first kappa shape index (κ1) is 20.1. The second-order valence-electron chi connectivity index (χ2n) is 5.98. The molecule has 1 aliphatic heterocycles. The first-order valence-corrected chi connectivity index (χ1v) is 8.22. The number of rotatable bonds is 5. The molecule has 11 heteroatoms. The lowest BCUT2D eigenvalue weighted by molar-refractivity contribution is -0.384. The monoisotopic (exact) mass is 408 g/mol. The van der Waals surface area contributed by atoms with E-state index in [1.165, 1.54) is 25.3 Å². The molecule has 0 aliphatic carbocycles. The molecule has 2 aromatic rings. The summed E-state index contributed by atoms with van der Waals surface area (Å²) in [5, 5.41) is 10.7. The summed E-state index contributed by atoms with van der Waals surface area (Å²) in [6.07, 6.45) is -3.20. The van der Waals surface area contributed by atoms with Gasteiger partial charge < -0.3 is 14.2 Å². The van der Waals surface area contributed by atoms with Crippen LogP contribution in [0.3, 0.4) is 0 Å². The quantitative estimate of drug-likeness (QED) is 0.550. The van der Waals surface area contributed by atoms with Gasteiger partial charge in [-0.1, -0.05) is 6.07 Å². The molecule has 0 unspecified atom stereocenters. The number of non-ortho nitro benzene ring substituents is 1. The molecule has 29 heavy (non-hydrogen) atoms. The van der Waals surface area contributed by atoms with Gasteiger partial charge in [0.1, 0.15) is 11.8 Å². The Balaban J connectivity index is 1.89. The third kappa shape index (κ3) is 4.14. The van der Waals surface area contributed by atoms with Gasteiger partial charge in [-0.05, 0) is 29.8 Å². The minimum Gasteiger partial charge on any atom is -0.441 e. The fraction of sp³-hybridized carbons (Fsp3) is 0.222. The summed E-state index contributed by atoms with van der Waals surface area (Å²) in [4.78, 5) is 35.5. The average molecular weight is 408 g/mol. The number of benzene rings is 2. The van der Waals surface area contributed by atoms with Crippen LogP contribution < -0.4 is 4.74 Å². The van der Waals surface area contributed by atoms with E-state index in [-0.39, 0.29) is 23.6 Å². The van der Waals surface area contributed by atoms with E-state index in [0.29, 0.717) is 4.90 Å². The van der Waals surface area contributed by atoms with Crippen LogP contribution in [-0.4, -0.2) is 41.8 Å². The third-order valence-corrected chi connectivity index (χ3v) is 4.14. The maximum absolute atomic E-state index is 13.7. The van der Waals surface area contributed by atoms with Gasteiger partial charge in [-0.2, -0.15) is 0 Å². The van der Waals surface area contributed by atoms with Crippen LogP contribution in [0.5, 0.6) is 5.75 Å².